The van der Waals surface area contributed by atoms with Crippen LogP contribution in [0.3, 0.4) is 0 Å². The molecule has 7 heteroatoms. The summed E-state index contributed by atoms with van der Waals surface area (Å²) in [7, 11) is 0. The lowest BCUT2D eigenvalue weighted by Gasteiger charge is -2.07. The van der Waals surface area contributed by atoms with E-state index in [2.05, 4.69) is 15.9 Å². The van der Waals surface area contributed by atoms with Gasteiger partial charge in [-0.15, -0.1) is 0 Å². The molecule has 0 aromatic heterocycles. The van der Waals surface area contributed by atoms with Crippen molar-refractivity contribution in [3.05, 3.63) is 33.3 Å². The standard InChI is InChI=1S/C10H11BrClNO4/c11-3-4-16-5-6-17-10-2-1-8(13(14)15)7-9(10)12/h1-2,7H,3-6H2. The number of halogens is 2. The first-order valence-corrected chi connectivity index (χ1v) is 6.35. The van der Waals surface area contributed by atoms with Gasteiger partial charge in [0.1, 0.15) is 12.4 Å². The highest BCUT2D eigenvalue weighted by Crippen LogP contribution is 2.28. The predicted molar refractivity (Wildman–Crippen MR) is 68.2 cm³/mol. The Morgan fingerprint density at radius 1 is 1.35 bits per heavy atom. The van der Waals surface area contributed by atoms with E-state index in [4.69, 9.17) is 21.1 Å². The Bertz CT molecular complexity index is 389. The minimum atomic E-state index is -0.505. The van der Waals surface area contributed by atoms with E-state index in [1.54, 1.807) is 0 Å². The molecule has 0 atom stereocenters. The third-order valence-electron chi connectivity index (χ3n) is 1.83. The molecule has 1 rings (SSSR count). The Balaban J connectivity index is 2.46. The number of nitro groups is 1. The fraction of sp³-hybridized carbons (Fsp3) is 0.400. The largest absolute Gasteiger partial charge is 0.490 e. The van der Waals surface area contributed by atoms with Crippen molar-refractivity contribution >= 4 is 33.2 Å². The van der Waals surface area contributed by atoms with E-state index in [0.29, 0.717) is 25.6 Å². The van der Waals surface area contributed by atoms with Gasteiger partial charge in [-0.3, -0.25) is 10.1 Å². The number of nitro benzene ring substituents is 1. The minimum absolute atomic E-state index is 0.0575. The van der Waals surface area contributed by atoms with Gasteiger partial charge in [-0.1, -0.05) is 27.5 Å². The Labute approximate surface area is 112 Å². The van der Waals surface area contributed by atoms with Crippen molar-refractivity contribution in [3.63, 3.8) is 0 Å². The molecule has 0 spiro atoms. The van der Waals surface area contributed by atoms with Gasteiger partial charge >= 0.3 is 0 Å². The zero-order valence-electron chi connectivity index (χ0n) is 8.90. The molecule has 0 aliphatic rings. The summed E-state index contributed by atoms with van der Waals surface area (Å²) in [5, 5.41) is 11.5. The molecule has 0 unspecified atom stereocenters. The molecule has 0 fully saturated rings. The monoisotopic (exact) mass is 323 g/mol. The van der Waals surface area contributed by atoms with Crippen LogP contribution in [0, 0.1) is 10.1 Å². The highest BCUT2D eigenvalue weighted by atomic mass is 79.9. The number of benzene rings is 1. The summed E-state index contributed by atoms with van der Waals surface area (Å²) in [5.41, 5.74) is -0.0575. The van der Waals surface area contributed by atoms with Gasteiger partial charge < -0.3 is 9.47 Å². The van der Waals surface area contributed by atoms with E-state index in [9.17, 15) is 10.1 Å². The molecule has 0 heterocycles. The maximum absolute atomic E-state index is 10.5. The molecular weight excluding hydrogens is 313 g/mol. The Morgan fingerprint density at radius 3 is 2.71 bits per heavy atom. The summed E-state index contributed by atoms with van der Waals surface area (Å²) in [6.07, 6.45) is 0. The lowest BCUT2D eigenvalue weighted by atomic mass is 10.3. The van der Waals surface area contributed by atoms with Crippen LogP contribution < -0.4 is 4.74 Å². The summed E-state index contributed by atoms with van der Waals surface area (Å²) in [5.74, 6) is 0.416. The summed E-state index contributed by atoms with van der Waals surface area (Å²) in [6.45, 7) is 1.40. The van der Waals surface area contributed by atoms with Gasteiger partial charge in [-0.05, 0) is 6.07 Å². The molecule has 0 N–H and O–H groups in total. The maximum atomic E-state index is 10.5. The summed E-state index contributed by atoms with van der Waals surface area (Å²) in [6, 6.07) is 4.09. The van der Waals surface area contributed by atoms with Crippen LogP contribution in [0.5, 0.6) is 5.75 Å². The molecule has 0 aliphatic heterocycles. The topological polar surface area (TPSA) is 61.6 Å². The number of hydrogen-bond donors (Lipinski definition) is 0. The molecule has 5 nitrogen and oxygen atoms in total. The van der Waals surface area contributed by atoms with Gasteiger partial charge in [-0.25, -0.2) is 0 Å². The Hall–Kier alpha value is -0.850. The van der Waals surface area contributed by atoms with Crippen molar-refractivity contribution in [2.75, 3.05) is 25.2 Å². The third kappa shape index (κ3) is 4.89. The second kappa shape index (κ2) is 7.47. The highest BCUT2D eigenvalue weighted by Gasteiger charge is 2.09. The lowest BCUT2D eigenvalue weighted by molar-refractivity contribution is -0.384. The van der Waals surface area contributed by atoms with Gasteiger partial charge in [0.25, 0.3) is 5.69 Å². The number of nitrogens with zero attached hydrogens (tertiary/aromatic N) is 1. The van der Waals surface area contributed by atoms with Crippen molar-refractivity contribution in [2.24, 2.45) is 0 Å². The quantitative estimate of drug-likeness (QED) is 0.335. The molecule has 94 valence electrons. The van der Waals surface area contributed by atoms with Crippen molar-refractivity contribution < 1.29 is 14.4 Å². The molecule has 1 aromatic rings. The molecule has 0 saturated carbocycles. The van der Waals surface area contributed by atoms with Crippen molar-refractivity contribution in [1.29, 1.82) is 0 Å². The van der Waals surface area contributed by atoms with Crippen LogP contribution in [-0.2, 0) is 4.74 Å². The fourth-order valence-corrected chi connectivity index (χ4v) is 1.55. The average molecular weight is 325 g/mol. The first-order valence-electron chi connectivity index (χ1n) is 4.85. The molecule has 1 aromatic carbocycles. The molecule has 0 saturated heterocycles. The summed E-state index contributed by atoms with van der Waals surface area (Å²) in [4.78, 5) is 9.97. The SMILES string of the molecule is O=[N+]([O-])c1ccc(OCCOCCBr)c(Cl)c1. The Kier molecular flexibility index (Phi) is 6.25. The second-order valence-electron chi connectivity index (χ2n) is 3.02. The highest BCUT2D eigenvalue weighted by molar-refractivity contribution is 9.09. The van der Waals surface area contributed by atoms with Crippen LogP contribution in [0.25, 0.3) is 0 Å². The number of hydrogen-bond acceptors (Lipinski definition) is 4. The van der Waals surface area contributed by atoms with E-state index in [1.807, 2.05) is 0 Å². The second-order valence-corrected chi connectivity index (χ2v) is 4.22. The molecule has 0 radical (unpaired) electrons. The normalized spacial score (nSPS) is 10.2. The molecular formula is C10H11BrClNO4. The average Bonchev–Trinajstić information content (AvgIpc) is 2.30. The molecule has 0 aliphatic carbocycles. The van der Waals surface area contributed by atoms with E-state index in [-0.39, 0.29) is 10.7 Å². The van der Waals surface area contributed by atoms with Gasteiger partial charge in [0, 0.05) is 17.5 Å². The first kappa shape index (κ1) is 14.2. The van der Waals surface area contributed by atoms with E-state index < -0.39 is 4.92 Å². The van der Waals surface area contributed by atoms with Gasteiger partial charge in [0.2, 0.25) is 0 Å². The lowest BCUT2D eigenvalue weighted by Crippen LogP contribution is -2.08. The molecule has 0 bridgehead atoms. The third-order valence-corrected chi connectivity index (χ3v) is 2.45. The number of non-ortho nitro benzene ring substituents is 1. The minimum Gasteiger partial charge on any atom is -0.490 e. The van der Waals surface area contributed by atoms with Crippen LogP contribution in [0.2, 0.25) is 5.02 Å². The maximum Gasteiger partial charge on any atom is 0.271 e. The van der Waals surface area contributed by atoms with Crippen LogP contribution >= 0.6 is 27.5 Å². The number of rotatable bonds is 7. The summed E-state index contributed by atoms with van der Waals surface area (Å²) < 4.78 is 10.5. The van der Waals surface area contributed by atoms with Crippen molar-refractivity contribution in [1.82, 2.24) is 0 Å². The van der Waals surface area contributed by atoms with E-state index in [0.717, 1.165) is 5.33 Å². The zero-order valence-corrected chi connectivity index (χ0v) is 11.2. The predicted octanol–water partition coefficient (Wildman–Crippen LogP) is 3.04. The van der Waals surface area contributed by atoms with Gasteiger partial charge in [0.15, 0.2) is 0 Å². The first-order chi connectivity index (χ1) is 8.15. The zero-order chi connectivity index (χ0) is 12.7. The Morgan fingerprint density at radius 2 is 2.12 bits per heavy atom. The van der Waals surface area contributed by atoms with Crippen molar-refractivity contribution in [3.8, 4) is 5.75 Å². The van der Waals surface area contributed by atoms with Crippen molar-refractivity contribution in [2.45, 2.75) is 0 Å². The smallest absolute Gasteiger partial charge is 0.271 e. The molecule has 17 heavy (non-hydrogen) atoms. The van der Waals surface area contributed by atoms with Crippen LogP contribution in [0.4, 0.5) is 5.69 Å². The van der Waals surface area contributed by atoms with Gasteiger partial charge in [-0.2, -0.15) is 0 Å². The van der Waals surface area contributed by atoms with Gasteiger partial charge in [0.05, 0.1) is 23.2 Å². The van der Waals surface area contributed by atoms with E-state index >= 15 is 0 Å². The number of alkyl halides is 1. The van der Waals surface area contributed by atoms with Crippen LogP contribution in [-0.4, -0.2) is 30.1 Å². The fourth-order valence-electron chi connectivity index (χ4n) is 1.09. The van der Waals surface area contributed by atoms with Crippen LogP contribution in [0.1, 0.15) is 0 Å². The number of ether oxygens (including phenoxy) is 2. The van der Waals surface area contributed by atoms with E-state index in [1.165, 1.54) is 18.2 Å². The van der Waals surface area contributed by atoms with Crippen LogP contribution in [0.15, 0.2) is 18.2 Å². The summed E-state index contributed by atoms with van der Waals surface area (Å²) >= 11 is 9.06. The molecule has 0 amide bonds.